The normalized spacial score (nSPS) is 40.0. The van der Waals surface area contributed by atoms with E-state index < -0.39 is 6.10 Å². The zero-order valence-electron chi connectivity index (χ0n) is 11.8. The number of hydrogen-bond donors (Lipinski definition) is 2. The standard InChI is InChI=1S/C19H20O2/c20-16-7-3-1-5-14(16)18-12-9-10-13(11-12)19(18)15-6-2-4-8-17(15)21/h1-10,12-14,16,18-21H,11H2/t12?,13?,14-,16?,18?,19?/m1/s1. The van der Waals surface area contributed by atoms with Gasteiger partial charge in [-0.15, -0.1) is 0 Å². The van der Waals surface area contributed by atoms with Crippen molar-refractivity contribution in [2.24, 2.45) is 23.7 Å². The third-order valence-corrected chi connectivity index (χ3v) is 5.41. The summed E-state index contributed by atoms with van der Waals surface area (Å²) in [7, 11) is 0. The number of hydrogen-bond acceptors (Lipinski definition) is 2. The van der Waals surface area contributed by atoms with Crippen LogP contribution in [0.4, 0.5) is 0 Å². The summed E-state index contributed by atoms with van der Waals surface area (Å²) in [5.74, 6) is 2.19. The molecular weight excluding hydrogens is 260 g/mol. The fourth-order valence-corrected chi connectivity index (χ4v) is 4.56. The number of rotatable bonds is 2. The van der Waals surface area contributed by atoms with Crippen LogP contribution in [-0.4, -0.2) is 16.3 Å². The molecule has 0 aromatic heterocycles. The molecule has 3 aliphatic carbocycles. The third-order valence-electron chi connectivity index (χ3n) is 5.41. The van der Waals surface area contributed by atoms with Gasteiger partial charge in [-0.1, -0.05) is 54.7 Å². The monoisotopic (exact) mass is 280 g/mol. The molecule has 2 heteroatoms. The average Bonchev–Trinajstić information content (AvgIpc) is 3.09. The van der Waals surface area contributed by atoms with Gasteiger partial charge in [0.25, 0.3) is 0 Å². The molecule has 2 bridgehead atoms. The summed E-state index contributed by atoms with van der Waals surface area (Å²) in [4.78, 5) is 0. The molecule has 0 heterocycles. The molecule has 4 rings (SSSR count). The van der Waals surface area contributed by atoms with Crippen molar-refractivity contribution in [1.82, 2.24) is 0 Å². The molecule has 0 aliphatic heterocycles. The lowest BCUT2D eigenvalue weighted by Crippen LogP contribution is -2.33. The van der Waals surface area contributed by atoms with Gasteiger partial charge in [-0.25, -0.2) is 0 Å². The van der Waals surface area contributed by atoms with Crippen LogP contribution in [0.2, 0.25) is 0 Å². The molecule has 1 saturated carbocycles. The quantitative estimate of drug-likeness (QED) is 0.815. The Bertz CT molecular complexity index is 628. The average molecular weight is 280 g/mol. The van der Waals surface area contributed by atoms with Gasteiger partial charge in [0.15, 0.2) is 0 Å². The summed E-state index contributed by atoms with van der Waals surface area (Å²) in [6, 6.07) is 7.68. The van der Waals surface area contributed by atoms with E-state index in [1.807, 2.05) is 36.4 Å². The minimum Gasteiger partial charge on any atom is -0.508 e. The van der Waals surface area contributed by atoms with Gasteiger partial charge < -0.3 is 10.2 Å². The van der Waals surface area contributed by atoms with Gasteiger partial charge in [-0.05, 0) is 41.7 Å². The summed E-state index contributed by atoms with van der Waals surface area (Å²) in [5, 5.41) is 20.6. The topological polar surface area (TPSA) is 40.5 Å². The molecule has 0 saturated heterocycles. The number of benzene rings is 1. The number of phenolic OH excluding ortho intramolecular Hbond substituents is 1. The van der Waals surface area contributed by atoms with Crippen LogP contribution in [0.15, 0.2) is 60.7 Å². The van der Waals surface area contributed by atoms with Crippen molar-refractivity contribution in [3.05, 3.63) is 66.3 Å². The summed E-state index contributed by atoms with van der Waals surface area (Å²) < 4.78 is 0. The Kier molecular flexibility index (Phi) is 3.00. The van der Waals surface area contributed by atoms with E-state index in [2.05, 4.69) is 18.2 Å². The number of phenols is 1. The van der Waals surface area contributed by atoms with Crippen LogP contribution in [0.1, 0.15) is 17.9 Å². The molecule has 2 N–H and O–H groups in total. The maximum atomic E-state index is 10.4. The molecule has 5 unspecified atom stereocenters. The second kappa shape index (κ2) is 4.88. The highest BCUT2D eigenvalue weighted by atomic mass is 16.3. The molecule has 21 heavy (non-hydrogen) atoms. The second-order valence-electron chi connectivity index (χ2n) is 6.45. The number of fused-ring (bicyclic) bond motifs is 2. The lowest BCUT2D eigenvalue weighted by Gasteiger charge is -2.36. The van der Waals surface area contributed by atoms with Crippen LogP contribution in [0.25, 0.3) is 0 Å². The number of para-hydroxylation sites is 1. The van der Waals surface area contributed by atoms with Crippen molar-refractivity contribution in [1.29, 1.82) is 0 Å². The lowest BCUT2D eigenvalue weighted by molar-refractivity contribution is 0.119. The Morgan fingerprint density at radius 1 is 0.905 bits per heavy atom. The first-order chi connectivity index (χ1) is 10.3. The summed E-state index contributed by atoms with van der Waals surface area (Å²) in [6.45, 7) is 0. The molecule has 3 aliphatic rings. The van der Waals surface area contributed by atoms with E-state index >= 15 is 0 Å². The van der Waals surface area contributed by atoms with Crippen LogP contribution in [0, 0.1) is 23.7 Å². The Labute approximate surface area is 125 Å². The largest absolute Gasteiger partial charge is 0.508 e. The maximum Gasteiger partial charge on any atom is 0.119 e. The zero-order chi connectivity index (χ0) is 14.4. The highest BCUT2D eigenvalue weighted by molar-refractivity contribution is 5.40. The molecule has 1 aromatic carbocycles. The van der Waals surface area contributed by atoms with Gasteiger partial charge >= 0.3 is 0 Å². The van der Waals surface area contributed by atoms with Gasteiger partial charge in [-0.3, -0.25) is 0 Å². The van der Waals surface area contributed by atoms with E-state index in [1.165, 1.54) is 0 Å². The van der Waals surface area contributed by atoms with Crippen molar-refractivity contribution in [2.45, 2.75) is 18.4 Å². The number of aliphatic hydroxyl groups excluding tert-OH is 1. The second-order valence-corrected chi connectivity index (χ2v) is 6.45. The molecule has 1 aromatic rings. The SMILES string of the molecule is Oc1ccccc1C1C2C=CC(C2)C1[C@@H]1C=CC=CC1O. The molecular formula is C19H20O2. The first-order valence-corrected chi connectivity index (χ1v) is 7.75. The van der Waals surface area contributed by atoms with Crippen molar-refractivity contribution in [3.8, 4) is 5.75 Å². The van der Waals surface area contributed by atoms with Gasteiger partial charge in [0.2, 0.25) is 0 Å². The van der Waals surface area contributed by atoms with Gasteiger partial charge in [-0.2, -0.15) is 0 Å². The van der Waals surface area contributed by atoms with Crippen molar-refractivity contribution >= 4 is 0 Å². The minimum atomic E-state index is -0.416. The molecule has 0 amide bonds. The molecule has 6 atom stereocenters. The van der Waals surface area contributed by atoms with Crippen molar-refractivity contribution in [2.75, 3.05) is 0 Å². The third kappa shape index (κ3) is 1.97. The van der Waals surface area contributed by atoms with E-state index in [4.69, 9.17) is 0 Å². The van der Waals surface area contributed by atoms with E-state index in [-0.39, 0.29) is 5.92 Å². The molecule has 1 fully saturated rings. The van der Waals surface area contributed by atoms with Crippen LogP contribution >= 0.6 is 0 Å². The Morgan fingerprint density at radius 2 is 1.67 bits per heavy atom. The van der Waals surface area contributed by atoms with Gasteiger partial charge in [0.1, 0.15) is 5.75 Å². The van der Waals surface area contributed by atoms with E-state index in [9.17, 15) is 10.2 Å². The first kappa shape index (κ1) is 12.9. The van der Waals surface area contributed by atoms with Gasteiger partial charge in [0.05, 0.1) is 6.10 Å². The van der Waals surface area contributed by atoms with Crippen LogP contribution in [0.3, 0.4) is 0 Å². The minimum absolute atomic E-state index is 0.138. The summed E-state index contributed by atoms with van der Waals surface area (Å²) in [5.41, 5.74) is 1.04. The van der Waals surface area contributed by atoms with E-state index in [0.717, 1.165) is 12.0 Å². The van der Waals surface area contributed by atoms with Gasteiger partial charge in [0, 0.05) is 5.92 Å². The maximum absolute atomic E-state index is 10.4. The predicted octanol–water partition coefficient (Wildman–Crippen LogP) is 3.40. The Hall–Kier alpha value is -1.80. The number of allylic oxidation sites excluding steroid dienone is 4. The highest BCUT2D eigenvalue weighted by Crippen LogP contribution is 2.57. The van der Waals surface area contributed by atoms with E-state index in [1.54, 1.807) is 6.07 Å². The van der Waals surface area contributed by atoms with Crippen molar-refractivity contribution < 1.29 is 10.2 Å². The molecule has 0 radical (unpaired) electrons. The zero-order valence-corrected chi connectivity index (χ0v) is 11.8. The van der Waals surface area contributed by atoms with Crippen LogP contribution in [0.5, 0.6) is 5.75 Å². The molecule has 108 valence electrons. The fraction of sp³-hybridized carbons (Fsp3) is 0.368. The Balaban J connectivity index is 1.75. The Morgan fingerprint density at radius 3 is 2.48 bits per heavy atom. The predicted molar refractivity (Wildman–Crippen MR) is 82.9 cm³/mol. The smallest absolute Gasteiger partial charge is 0.119 e. The molecule has 0 spiro atoms. The summed E-state index contributed by atoms with van der Waals surface area (Å²) in [6.07, 6.45) is 13.3. The van der Waals surface area contributed by atoms with Crippen molar-refractivity contribution in [3.63, 3.8) is 0 Å². The number of aromatic hydroxyl groups is 1. The van der Waals surface area contributed by atoms with Crippen LogP contribution < -0.4 is 0 Å². The first-order valence-electron chi connectivity index (χ1n) is 7.75. The van der Waals surface area contributed by atoms with Crippen LogP contribution in [-0.2, 0) is 0 Å². The number of aliphatic hydroxyl groups is 1. The fourth-order valence-electron chi connectivity index (χ4n) is 4.56. The lowest BCUT2D eigenvalue weighted by atomic mass is 9.69. The molecule has 2 nitrogen and oxygen atoms in total. The summed E-state index contributed by atoms with van der Waals surface area (Å²) >= 11 is 0. The highest BCUT2D eigenvalue weighted by Gasteiger charge is 2.49. The van der Waals surface area contributed by atoms with E-state index in [0.29, 0.717) is 29.4 Å².